The first-order chi connectivity index (χ1) is 11.7. The van der Waals surface area contributed by atoms with Crippen LogP contribution in [0.25, 0.3) is 0 Å². The number of hydrogen-bond donors (Lipinski definition) is 0. The minimum atomic E-state index is 0.712. The Morgan fingerprint density at radius 3 is 2.46 bits per heavy atom. The van der Waals surface area contributed by atoms with Crippen molar-refractivity contribution in [2.24, 2.45) is 0 Å². The average molecular weight is 324 g/mol. The van der Waals surface area contributed by atoms with Gasteiger partial charge in [0.1, 0.15) is 5.75 Å². The van der Waals surface area contributed by atoms with Gasteiger partial charge in [0, 0.05) is 32.7 Å². The van der Waals surface area contributed by atoms with Crippen LogP contribution in [0.15, 0.2) is 42.5 Å². The molecule has 0 aromatic heterocycles. The predicted molar refractivity (Wildman–Crippen MR) is 101 cm³/mol. The molecule has 24 heavy (non-hydrogen) atoms. The van der Waals surface area contributed by atoms with Gasteiger partial charge in [-0.1, -0.05) is 35.9 Å². The monoisotopic (exact) mass is 324 g/mol. The lowest BCUT2D eigenvalue weighted by atomic mass is 10.0. The van der Waals surface area contributed by atoms with Crippen molar-refractivity contribution >= 4 is 5.69 Å². The summed E-state index contributed by atoms with van der Waals surface area (Å²) in [5.41, 5.74) is 5.42. The van der Waals surface area contributed by atoms with Gasteiger partial charge in [-0.05, 0) is 44.0 Å². The fraction of sp³-hybridized carbons (Fsp3) is 0.429. The van der Waals surface area contributed by atoms with Gasteiger partial charge in [-0.3, -0.25) is 4.90 Å². The van der Waals surface area contributed by atoms with Crippen molar-refractivity contribution in [2.45, 2.75) is 27.3 Å². The third-order valence-corrected chi connectivity index (χ3v) is 4.78. The summed E-state index contributed by atoms with van der Waals surface area (Å²) in [5, 5.41) is 0. The van der Waals surface area contributed by atoms with Crippen molar-refractivity contribution in [3.8, 4) is 5.75 Å². The second-order valence-corrected chi connectivity index (χ2v) is 6.59. The third-order valence-electron chi connectivity index (χ3n) is 4.78. The average Bonchev–Trinajstić information content (AvgIpc) is 2.60. The molecule has 3 heteroatoms. The van der Waals surface area contributed by atoms with E-state index in [-0.39, 0.29) is 0 Å². The molecule has 0 radical (unpaired) electrons. The molecular weight excluding hydrogens is 296 g/mol. The van der Waals surface area contributed by atoms with E-state index in [9.17, 15) is 0 Å². The molecule has 1 fully saturated rings. The molecule has 0 atom stereocenters. The number of hydrogen-bond acceptors (Lipinski definition) is 3. The van der Waals surface area contributed by atoms with Gasteiger partial charge < -0.3 is 9.64 Å². The van der Waals surface area contributed by atoms with Crippen LogP contribution < -0.4 is 9.64 Å². The van der Waals surface area contributed by atoms with Crippen molar-refractivity contribution in [2.75, 3.05) is 37.7 Å². The molecule has 0 saturated carbocycles. The molecule has 0 aliphatic carbocycles. The fourth-order valence-corrected chi connectivity index (χ4v) is 3.35. The Morgan fingerprint density at radius 2 is 1.71 bits per heavy atom. The highest BCUT2D eigenvalue weighted by atomic mass is 16.5. The molecular formula is C21H28N2O. The van der Waals surface area contributed by atoms with Crippen molar-refractivity contribution < 1.29 is 4.74 Å². The van der Waals surface area contributed by atoms with Crippen LogP contribution in [0.3, 0.4) is 0 Å². The van der Waals surface area contributed by atoms with Crippen LogP contribution in [0.4, 0.5) is 5.69 Å². The summed E-state index contributed by atoms with van der Waals surface area (Å²) < 4.78 is 5.79. The molecule has 0 amide bonds. The minimum absolute atomic E-state index is 0.712. The topological polar surface area (TPSA) is 15.7 Å². The van der Waals surface area contributed by atoms with E-state index in [4.69, 9.17) is 4.74 Å². The van der Waals surface area contributed by atoms with Crippen LogP contribution in [0.5, 0.6) is 5.75 Å². The Kier molecular flexibility index (Phi) is 5.41. The molecule has 0 bridgehead atoms. The fourth-order valence-electron chi connectivity index (χ4n) is 3.35. The maximum absolute atomic E-state index is 5.79. The maximum Gasteiger partial charge on any atom is 0.142 e. The highest BCUT2D eigenvalue weighted by molar-refractivity contribution is 5.58. The summed E-state index contributed by atoms with van der Waals surface area (Å²) >= 11 is 0. The zero-order valence-corrected chi connectivity index (χ0v) is 15.1. The predicted octanol–water partition coefficient (Wildman–Crippen LogP) is 4.02. The molecule has 1 saturated heterocycles. The van der Waals surface area contributed by atoms with E-state index < -0.39 is 0 Å². The molecule has 0 N–H and O–H groups in total. The second kappa shape index (κ2) is 7.71. The highest BCUT2D eigenvalue weighted by Crippen LogP contribution is 2.29. The zero-order chi connectivity index (χ0) is 16.9. The maximum atomic E-state index is 5.79. The molecule has 3 nitrogen and oxygen atoms in total. The van der Waals surface area contributed by atoms with Crippen LogP contribution >= 0.6 is 0 Å². The molecule has 1 aliphatic rings. The number of rotatable bonds is 5. The van der Waals surface area contributed by atoms with Gasteiger partial charge in [-0.25, -0.2) is 0 Å². The number of piperazine rings is 1. The van der Waals surface area contributed by atoms with Crippen molar-refractivity contribution in [1.82, 2.24) is 4.90 Å². The summed E-state index contributed by atoms with van der Waals surface area (Å²) in [6.45, 7) is 12.5. The van der Waals surface area contributed by atoms with Gasteiger partial charge in [0.2, 0.25) is 0 Å². The van der Waals surface area contributed by atoms with E-state index in [1.54, 1.807) is 0 Å². The molecule has 128 valence electrons. The minimum Gasteiger partial charge on any atom is -0.492 e. The highest BCUT2D eigenvalue weighted by Gasteiger charge is 2.20. The van der Waals surface area contributed by atoms with Gasteiger partial charge in [-0.15, -0.1) is 0 Å². The van der Waals surface area contributed by atoms with Crippen LogP contribution in [-0.4, -0.2) is 37.7 Å². The first-order valence-electron chi connectivity index (χ1n) is 8.92. The number of para-hydroxylation sites is 2. The molecule has 1 aliphatic heterocycles. The van der Waals surface area contributed by atoms with Gasteiger partial charge >= 0.3 is 0 Å². The number of aryl methyl sites for hydroxylation is 2. The Bertz CT molecular complexity index is 675. The molecule has 2 aromatic carbocycles. The molecule has 2 aromatic rings. The Labute approximate surface area is 145 Å². The molecule has 0 unspecified atom stereocenters. The van der Waals surface area contributed by atoms with Crippen molar-refractivity contribution in [3.63, 3.8) is 0 Å². The second-order valence-electron chi connectivity index (χ2n) is 6.59. The van der Waals surface area contributed by atoms with E-state index in [0.29, 0.717) is 6.61 Å². The summed E-state index contributed by atoms with van der Waals surface area (Å²) in [5.74, 6) is 1.00. The lowest BCUT2D eigenvalue weighted by molar-refractivity contribution is 0.248. The van der Waals surface area contributed by atoms with Crippen LogP contribution in [0.2, 0.25) is 0 Å². The van der Waals surface area contributed by atoms with Crippen LogP contribution in [0.1, 0.15) is 23.6 Å². The summed E-state index contributed by atoms with van der Waals surface area (Å²) in [6, 6.07) is 15.1. The summed E-state index contributed by atoms with van der Waals surface area (Å²) in [6.07, 6.45) is 0. The normalized spacial score (nSPS) is 15.5. The molecule has 1 heterocycles. The van der Waals surface area contributed by atoms with E-state index in [1.165, 1.54) is 22.4 Å². The Balaban J connectivity index is 1.63. The van der Waals surface area contributed by atoms with Crippen molar-refractivity contribution in [3.05, 3.63) is 59.2 Å². The number of benzene rings is 2. The quantitative estimate of drug-likeness (QED) is 0.826. The zero-order valence-electron chi connectivity index (χ0n) is 15.1. The Hall–Kier alpha value is -2.00. The standard InChI is InChI=1S/C21H28N2O/c1-4-24-21-8-6-5-7-20(21)23-13-11-22(12-14-23)16-19-15-17(2)9-10-18(19)3/h5-10,15H,4,11-14,16H2,1-3H3. The lowest BCUT2D eigenvalue weighted by Crippen LogP contribution is -2.46. The van der Waals surface area contributed by atoms with Crippen molar-refractivity contribution in [1.29, 1.82) is 0 Å². The number of ether oxygens (including phenoxy) is 1. The van der Waals surface area contributed by atoms with E-state index in [0.717, 1.165) is 38.5 Å². The summed E-state index contributed by atoms with van der Waals surface area (Å²) in [4.78, 5) is 5.01. The lowest BCUT2D eigenvalue weighted by Gasteiger charge is -2.37. The van der Waals surface area contributed by atoms with Gasteiger partial charge in [0.15, 0.2) is 0 Å². The number of anilines is 1. The van der Waals surface area contributed by atoms with E-state index >= 15 is 0 Å². The van der Waals surface area contributed by atoms with Crippen LogP contribution in [0, 0.1) is 13.8 Å². The largest absolute Gasteiger partial charge is 0.492 e. The van der Waals surface area contributed by atoms with Gasteiger partial charge in [-0.2, -0.15) is 0 Å². The first kappa shape index (κ1) is 16.8. The summed E-state index contributed by atoms with van der Waals surface area (Å²) in [7, 11) is 0. The van der Waals surface area contributed by atoms with E-state index in [1.807, 2.05) is 13.0 Å². The SMILES string of the molecule is CCOc1ccccc1N1CCN(Cc2cc(C)ccc2C)CC1. The Morgan fingerprint density at radius 1 is 0.958 bits per heavy atom. The van der Waals surface area contributed by atoms with Gasteiger partial charge in [0.25, 0.3) is 0 Å². The molecule has 3 rings (SSSR count). The van der Waals surface area contributed by atoms with Crippen LogP contribution in [-0.2, 0) is 6.54 Å². The van der Waals surface area contributed by atoms with E-state index in [2.05, 4.69) is 60.0 Å². The van der Waals surface area contributed by atoms with Gasteiger partial charge in [0.05, 0.1) is 12.3 Å². The first-order valence-corrected chi connectivity index (χ1v) is 8.92. The smallest absolute Gasteiger partial charge is 0.142 e. The third kappa shape index (κ3) is 3.90. The number of nitrogens with zero attached hydrogens (tertiary/aromatic N) is 2. The molecule has 0 spiro atoms.